The lowest BCUT2D eigenvalue weighted by molar-refractivity contribution is -0.134. The van der Waals surface area contributed by atoms with Crippen LogP contribution in [0.1, 0.15) is 49.4 Å². The van der Waals surface area contributed by atoms with Gasteiger partial charge in [-0.3, -0.25) is 14.6 Å². The van der Waals surface area contributed by atoms with Crippen molar-refractivity contribution >= 4 is 41.8 Å². The van der Waals surface area contributed by atoms with Gasteiger partial charge >= 0.3 is 0 Å². The fourth-order valence-corrected chi connectivity index (χ4v) is 4.10. The molecule has 1 heterocycles. The molecule has 1 aromatic rings. The lowest BCUT2D eigenvalue weighted by Crippen LogP contribution is -2.45. The Balaban J connectivity index is 0.00000341. The molecule has 0 radical (unpaired) electrons. The number of guanidine groups is 1. The van der Waals surface area contributed by atoms with E-state index in [0.29, 0.717) is 38.0 Å². The Kier molecular flexibility index (Phi) is 10.5. The van der Waals surface area contributed by atoms with Gasteiger partial charge in [-0.05, 0) is 38.3 Å². The van der Waals surface area contributed by atoms with Crippen LogP contribution in [-0.2, 0) is 4.79 Å². The Bertz CT molecular complexity index is 770. The monoisotopic (exact) mass is 545 g/mol. The maximum atomic E-state index is 13.7. The summed E-state index contributed by atoms with van der Waals surface area (Å²) in [6.07, 6.45) is 5.27. The van der Waals surface area contributed by atoms with Gasteiger partial charge in [0.1, 0.15) is 5.82 Å². The van der Waals surface area contributed by atoms with Gasteiger partial charge in [0, 0.05) is 38.1 Å². The third-order valence-corrected chi connectivity index (χ3v) is 5.68. The topological polar surface area (TPSA) is 85.8 Å². The molecule has 9 heteroatoms. The lowest BCUT2D eigenvalue weighted by atomic mass is 10.1. The van der Waals surface area contributed by atoms with E-state index < -0.39 is 11.7 Å². The summed E-state index contributed by atoms with van der Waals surface area (Å²) in [7, 11) is 0. The number of hydrogen-bond donors (Lipinski definition) is 3. The number of benzene rings is 1. The smallest absolute Gasteiger partial charge is 0.254 e. The molecular formula is C22H33FIN5O2. The molecule has 2 fully saturated rings. The van der Waals surface area contributed by atoms with Crippen LogP contribution < -0.4 is 16.0 Å². The molecule has 1 saturated heterocycles. The number of carbonyl (C=O) groups is 2. The van der Waals surface area contributed by atoms with Gasteiger partial charge in [-0.25, -0.2) is 4.39 Å². The van der Waals surface area contributed by atoms with Crippen molar-refractivity contribution in [3.8, 4) is 0 Å². The largest absolute Gasteiger partial charge is 0.357 e. The number of amides is 2. The van der Waals surface area contributed by atoms with Crippen molar-refractivity contribution in [1.29, 1.82) is 0 Å². The maximum absolute atomic E-state index is 13.7. The molecule has 0 spiro atoms. The Hall–Kier alpha value is -1.91. The number of hydrogen-bond acceptors (Lipinski definition) is 3. The van der Waals surface area contributed by atoms with Crippen LogP contribution in [0.15, 0.2) is 29.3 Å². The van der Waals surface area contributed by atoms with Crippen molar-refractivity contribution in [2.24, 2.45) is 10.9 Å². The molecule has 2 amide bonds. The molecule has 1 aliphatic carbocycles. The molecule has 1 aromatic carbocycles. The maximum Gasteiger partial charge on any atom is 0.254 e. The number of rotatable bonds is 7. The number of halogens is 2. The van der Waals surface area contributed by atoms with E-state index in [2.05, 4.69) is 20.9 Å². The zero-order chi connectivity index (χ0) is 21.3. The van der Waals surface area contributed by atoms with Gasteiger partial charge in [0.15, 0.2) is 5.96 Å². The number of nitrogens with one attached hydrogen (secondary N) is 3. The summed E-state index contributed by atoms with van der Waals surface area (Å²) in [5, 5.41) is 9.28. The minimum absolute atomic E-state index is 0. The van der Waals surface area contributed by atoms with Crippen LogP contribution in [0.5, 0.6) is 0 Å². The number of carbonyl (C=O) groups excluding carboxylic acids is 2. The summed E-state index contributed by atoms with van der Waals surface area (Å²) >= 11 is 0. The van der Waals surface area contributed by atoms with Gasteiger partial charge in [0.25, 0.3) is 5.91 Å². The summed E-state index contributed by atoms with van der Waals surface area (Å²) in [5.41, 5.74) is 0.0319. The van der Waals surface area contributed by atoms with Crippen LogP contribution in [0.3, 0.4) is 0 Å². The second-order valence-electron chi connectivity index (χ2n) is 7.89. The molecule has 1 aliphatic heterocycles. The van der Waals surface area contributed by atoms with Crippen molar-refractivity contribution in [3.63, 3.8) is 0 Å². The number of likely N-dealkylation sites (tertiary alicyclic amines) is 1. The van der Waals surface area contributed by atoms with Gasteiger partial charge < -0.3 is 20.9 Å². The molecule has 1 atom stereocenters. The van der Waals surface area contributed by atoms with Crippen LogP contribution in [0.2, 0.25) is 0 Å². The van der Waals surface area contributed by atoms with Gasteiger partial charge in [0.2, 0.25) is 5.91 Å². The van der Waals surface area contributed by atoms with Gasteiger partial charge in [-0.2, -0.15) is 0 Å². The molecule has 0 bridgehead atoms. The van der Waals surface area contributed by atoms with Crippen molar-refractivity contribution in [2.45, 2.75) is 45.1 Å². The molecule has 1 saturated carbocycles. The predicted octanol–water partition coefficient (Wildman–Crippen LogP) is 2.52. The first-order valence-corrected chi connectivity index (χ1v) is 10.9. The first kappa shape index (κ1) is 25.4. The quantitative estimate of drug-likeness (QED) is 0.213. The zero-order valence-electron chi connectivity index (χ0n) is 18.0. The Labute approximate surface area is 200 Å². The van der Waals surface area contributed by atoms with E-state index in [1.807, 2.05) is 11.8 Å². The summed E-state index contributed by atoms with van der Waals surface area (Å²) in [6, 6.07) is 6.07. The van der Waals surface area contributed by atoms with Crippen LogP contribution in [0.4, 0.5) is 4.39 Å². The van der Waals surface area contributed by atoms with E-state index in [1.54, 1.807) is 12.1 Å². The molecule has 7 nitrogen and oxygen atoms in total. The predicted molar refractivity (Wildman–Crippen MR) is 130 cm³/mol. The molecular weight excluding hydrogens is 512 g/mol. The number of nitrogens with zero attached hydrogens (tertiary/aromatic N) is 2. The molecule has 0 aromatic heterocycles. The standard InChI is InChI=1S/C22H32FN5O2.HI/c1-2-24-22(26-13-12-25-20(29)18-9-5-6-10-19(18)23)27-17-11-14-28(15-17)21(30)16-7-3-4-8-16;/h5-6,9-10,16-17H,2-4,7-8,11-15H2,1H3,(H,25,29)(H2,24,26,27);1H. The highest BCUT2D eigenvalue weighted by molar-refractivity contribution is 14.0. The van der Waals surface area contributed by atoms with Crippen LogP contribution >= 0.6 is 24.0 Å². The molecule has 1 unspecified atom stereocenters. The molecule has 3 N–H and O–H groups in total. The second kappa shape index (κ2) is 12.8. The third kappa shape index (κ3) is 7.33. The minimum Gasteiger partial charge on any atom is -0.357 e. The molecule has 31 heavy (non-hydrogen) atoms. The van der Waals surface area contributed by atoms with Gasteiger partial charge in [0.05, 0.1) is 12.1 Å². The Morgan fingerprint density at radius 3 is 2.61 bits per heavy atom. The number of aliphatic imine (C=N–C) groups is 1. The van der Waals surface area contributed by atoms with E-state index >= 15 is 0 Å². The average Bonchev–Trinajstić information content (AvgIpc) is 3.43. The van der Waals surface area contributed by atoms with E-state index in [9.17, 15) is 14.0 Å². The highest BCUT2D eigenvalue weighted by Gasteiger charge is 2.32. The third-order valence-electron chi connectivity index (χ3n) is 5.68. The van der Waals surface area contributed by atoms with Crippen molar-refractivity contribution in [1.82, 2.24) is 20.9 Å². The van der Waals surface area contributed by atoms with Crippen LogP contribution in [0.25, 0.3) is 0 Å². The normalized spacial score (nSPS) is 19.1. The van der Waals surface area contributed by atoms with Crippen molar-refractivity contribution < 1.29 is 14.0 Å². The fourth-order valence-electron chi connectivity index (χ4n) is 4.10. The van der Waals surface area contributed by atoms with E-state index in [1.165, 1.54) is 12.1 Å². The first-order chi connectivity index (χ1) is 14.6. The molecule has 2 aliphatic rings. The summed E-state index contributed by atoms with van der Waals surface area (Å²) in [4.78, 5) is 31.1. The highest BCUT2D eigenvalue weighted by atomic mass is 127. The van der Waals surface area contributed by atoms with Gasteiger partial charge in [-0.15, -0.1) is 24.0 Å². The lowest BCUT2D eigenvalue weighted by Gasteiger charge is -2.21. The van der Waals surface area contributed by atoms with E-state index in [4.69, 9.17) is 0 Å². The SMILES string of the molecule is CCNC(=NCCNC(=O)c1ccccc1F)NC1CCN(C(=O)C2CCCC2)C1.I. The highest BCUT2D eigenvalue weighted by Crippen LogP contribution is 2.27. The Morgan fingerprint density at radius 1 is 1.16 bits per heavy atom. The van der Waals surface area contributed by atoms with Crippen LogP contribution in [0, 0.1) is 11.7 Å². The van der Waals surface area contributed by atoms with E-state index in [0.717, 1.165) is 38.6 Å². The summed E-state index contributed by atoms with van der Waals surface area (Å²) < 4.78 is 13.7. The summed E-state index contributed by atoms with van der Waals surface area (Å²) in [6.45, 7) is 4.86. The Morgan fingerprint density at radius 2 is 1.90 bits per heavy atom. The van der Waals surface area contributed by atoms with Gasteiger partial charge in [-0.1, -0.05) is 25.0 Å². The summed E-state index contributed by atoms with van der Waals surface area (Å²) in [5.74, 6) is 0.195. The molecule has 3 rings (SSSR count). The van der Waals surface area contributed by atoms with E-state index in [-0.39, 0.29) is 41.5 Å². The fraction of sp³-hybridized carbons (Fsp3) is 0.591. The molecule has 172 valence electrons. The van der Waals surface area contributed by atoms with Crippen molar-refractivity contribution in [2.75, 3.05) is 32.7 Å². The second-order valence-corrected chi connectivity index (χ2v) is 7.89. The average molecular weight is 545 g/mol. The minimum atomic E-state index is -0.536. The first-order valence-electron chi connectivity index (χ1n) is 10.9. The zero-order valence-corrected chi connectivity index (χ0v) is 20.4. The van der Waals surface area contributed by atoms with Crippen LogP contribution in [-0.4, -0.2) is 61.4 Å². The van der Waals surface area contributed by atoms with Crippen molar-refractivity contribution in [3.05, 3.63) is 35.6 Å².